The molecule has 0 saturated heterocycles. The predicted octanol–water partition coefficient (Wildman–Crippen LogP) is 3.84. The van der Waals surface area contributed by atoms with E-state index in [0.29, 0.717) is 0 Å². The molecule has 0 heterocycles. The van der Waals surface area contributed by atoms with Gasteiger partial charge in [-0.05, 0) is 42.3 Å². The monoisotopic (exact) mass is 353 g/mol. The lowest BCUT2D eigenvalue weighted by Gasteiger charge is -2.22. The summed E-state index contributed by atoms with van der Waals surface area (Å²) in [6.07, 6.45) is 0.788. The minimum atomic E-state index is -3.53. The predicted molar refractivity (Wildman–Crippen MR) is 85.6 cm³/mol. The van der Waals surface area contributed by atoms with Crippen LogP contribution in [0.25, 0.3) is 0 Å². The van der Waals surface area contributed by atoms with Gasteiger partial charge in [-0.25, -0.2) is 8.42 Å². The van der Waals surface area contributed by atoms with E-state index in [1.807, 2.05) is 31.2 Å². The molecule has 106 valence electrons. The number of nitrogens with zero attached hydrogens (tertiary/aromatic N) is 1. The molecule has 0 aliphatic heterocycles. The van der Waals surface area contributed by atoms with Crippen LogP contribution < -0.4 is 4.31 Å². The van der Waals surface area contributed by atoms with Gasteiger partial charge >= 0.3 is 0 Å². The maximum absolute atomic E-state index is 12.6. The Hall–Kier alpha value is -1.33. The first-order chi connectivity index (χ1) is 9.46. The lowest BCUT2D eigenvalue weighted by Crippen LogP contribution is -2.27. The first-order valence-electron chi connectivity index (χ1n) is 6.29. The van der Waals surface area contributed by atoms with Gasteiger partial charge in [0.15, 0.2) is 0 Å². The van der Waals surface area contributed by atoms with Crippen molar-refractivity contribution in [1.82, 2.24) is 0 Å². The zero-order chi connectivity index (χ0) is 14.8. The number of sulfonamides is 1. The van der Waals surface area contributed by atoms with Crippen LogP contribution in [-0.4, -0.2) is 15.5 Å². The molecule has 3 nitrogen and oxygen atoms in total. The van der Waals surface area contributed by atoms with Gasteiger partial charge in [0.1, 0.15) is 0 Å². The van der Waals surface area contributed by atoms with Crippen LogP contribution in [0.3, 0.4) is 0 Å². The van der Waals surface area contributed by atoms with Crippen LogP contribution in [-0.2, 0) is 16.4 Å². The summed E-state index contributed by atoms with van der Waals surface area (Å²) < 4.78 is 27.4. The second kappa shape index (κ2) is 5.97. The summed E-state index contributed by atoms with van der Waals surface area (Å²) in [7, 11) is -1.94. The van der Waals surface area contributed by atoms with E-state index in [9.17, 15) is 8.42 Å². The molecule has 20 heavy (non-hydrogen) atoms. The van der Waals surface area contributed by atoms with E-state index in [0.717, 1.165) is 22.1 Å². The molecule has 0 atom stereocenters. The van der Waals surface area contributed by atoms with Crippen molar-refractivity contribution in [2.75, 3.05) is 11.4 Å². The molecule has 0 radical (unpaired) electrons. The summed E-state index contributed by atoms with van der Waals surface area (Å²) in [5.74, 6) is 0. The minimum Gasteiger partial charge on any atom is -0.269 e. The van der Waals surface area contributed by atoms with Crippen molar-refractivity contribution in [3.63, 3.8) is 0 Å². The van der Waals surface area contributed by atoms with Crippen LogP contribution in [0.15, 0.2) is 57.9 Å². The molecule has 0 aromatic heterocycles. The van der Waals surface area contributed by atoms with Crippen molar-refractivity contribution in [2.24, 2.45) is 0 Å². The van der Waals surface area contributed by atoms with Gasteiger partial charge in [0.2, 0.25) is 0 Å². The van der Waals surface area contributed by atoms with Crippen LogP contribution in [0.5, 0.6) is 0 Å². The highest BCUT2D eigenvalue weighted by molar-refractivity contribution is 9.10. The highest BCUT2D eigenvalue weighted by Crippen LogP contribution is 2.26. The van der Waals surface area contributed by atoms with E-state index in [1.165, 1.54) is 4.31 Å². The Kier molecular flexibility index (Phi) is 4.50. The summed E-state index contributed by atoms with van der Waals surface area (Å²) in [5.41, 5.74) is 1.73. The second-order valence-corrected chi connectivity index (χ2v) is 7.29. The number of hydrogen-bond acceptors (Lipinski definition) is 2. The van der Waals surface area contributed by atoms with Gasteiger partial charge in [-0.1, -0.05) is 41.1 Å². The van der Waals surface area contributed by atoms with Crippen LogP contribution in [0.2, 0.25) is 0 Å². The largest absolute Gasteiger partial charge is 0.269 e. The zero-order valence-electron chi connectivity index (χ0n) is 11.4. The Labute approximate surface area is 128 Å². The fraction of sp³-hybridized carbons (Fsp3) is 0.200. The maximum Gasteiger partial charge on any atom is 0.264 e. The number of anilines is 1. The molecule has 0 aliphatic carbocycles. The molecule has 0 amide bonds. The number of para-hydroxylation sites is 1. The van der Waals surface area contributed by atoms with Gasteiger partial charge in [-0.2, -0.15) is 0 Å². The van der Waals surface area contributed by atoms with E-state index >= 15 is 0 Å². The summed E-state index contributed by atoms with van der Waals surface area (Å²) in [6, 6.07) is 14.2. The van der Waals surface area contributed by atoms with Crippen molar-refractivity contribution in [2.45, 2.75) is 18.2 Å². The lowest BCUT2D eigenvalue weighted by molar-refractivity contribution is 0.594. The van der Waals surface area contributed by atoms with Crippen LogP contribution in [0.1, 0.15) is 12.5 Å². The molecule has 0 N–H and O–H groups in total. The van der Waals surface area contributed by atoms with Gasteiger partial charge in [-0.3, -0.25) is 4.31 Å². The van der Waals surface area contributed by atoms with Gasteiger partial charge in [0.05, 0.1) is 10.6 Å². The van der Waals surface area contributed by atoms with Crippen molar-refractivity contribution in [1.29, 1.82) is 0 Å². The molecule has 2 aromatic carbocycles. The molecule has 0 fully saturated rings. The molecule has 2 aromatic rings. The normalized spacial score (nSPS) is 11.3. The molecular weight excluding hydrogens is 338 g/mol. The maximum atomic E-state index is 12.6. The third-order valence-corrected chi connectivity index (χ3v) is 5.50. The quantitative estimate of drug-likeness (QED) is 0.837. The summed E-state index contributed by atoms with van der Waals surface area (Å²) >= 11 is 3.31. The SMILES string of the molecule is CCc1ccccc1N(C)S(=O)(=O)c1ccc(Br)cc1. The van der Waals surface area contributed by atoms with Gasteiger partial charge in [-0.15, -0.1) is 0 Å². The van der Waals surface area contributed by atoms with E-state index in [-0.39, 0.29) is 4.90 Å². The number of rotatable bonds is 4. The van der Waals surface area contributed by atoms with Gasteiger partial charge in [0, 0.05) is 11.5 Å². The fourth-order valence-electron chi connectivity index (χ4n) is 2.01. The lowest BCUT2D eigenvalue weighted by atomic mass is 10.1. The zero-order valence-corrected chi connectivity index (χ0v) is 13.8. The van der Waals surface area contributed by atoms with Crippen LogP contribution in [0.4, 0.5) is 5.69 Å². The van der Waals surface area contributed by atoms with E-state index in [2.05, 4.69) is 15.9 Å². The summed E-state index contributed by atoms with van der Waals surface area (Å²) in [5, 5.41) is 0. The number of benzene rings is 2. The first-order valence-corrected chi connectivity index (χ1v) is 8.52. The molecule has 2 rings (SSSR count). The van der Waals surface area contributed by atoms with E-state index < -0.39 is 10.0 Å². The first kappa shape index (κ1) is 15.1. The Morgan fingerprint density at radius 3 is 2.25 bits per heavy atom. The van der Waals surface area contributed by atoms with Crippen molar-refractivity contribution in [3.8, 4) is 0 Å². The van der Waals surface area contributed by atoms with E-state index in [1.54, 1.807) is 31.3 Å². The van der Waals surface area contributed by atoms with Gasteiger partial charge in [0.25, 0.3) is 10.0 Å². The number of aryl methyl sites for hydroxylation is 1. The topological polar surface area (TPSA) is 37.4 Å². The molecule has 0 saturated carbocycles. The molecule has 0 aliphatic rings. The molecule has 0 spiro atoms. The van der Waals surface area contributed by atoms with Crippen molar-refractivity contribution >= 4 is 31.6 Å². The smallest absolute Gasteiger partial charge is 0.264 e. The second-order valence-electron chi connectivity index (χ2n) is 4.41. The highest BCUT2D eigenvalue weighted by atomic mass is 79.9. The number of halogens is 1. The Morgan fingerprint density at radius 1 is 1.05 bits per heavy atom. The average Bonchev–Trinajstić information content (AvgIpc) is 2.46. The minimum absolute atomic E-state index is 0.286. The Bertz CT molecular complexity index is 696. The molecular formula is C15H16BrNO2S. The molecule has 0 bridgehead atoms. The van der Waals surface area contributed by atoms with Crippen molar-refractivity contribution in [3.05, 3.63) is 58.6 Å². The average molecular weight is 354 g/mol. The third-order valence-electron chi connectivity index (χ3n) is 3.18. The van der Waals surface area contributed by atoms with Crippen molar-refractivity contribution < 1.29 is 8.42 Å². The highest BCUT2D eigenvalue weighted by Gasteiger charge is 2.22. The number of hydrogen-bond donors (Lipinski definition) is 0. The standard InChI is InChI=1S/C15H16BrNO2S/c1-3-12-6-4-5-7-15(12)17(2)20(18,19)14-10-8-13(16)9-11-14/h4-11H,3H2,1-2H3. The Morgan fingerprint density at radius 2 is 1.65 bits per heavy atom. The van der Waals surface area contributed by atoms with Gasteiger partial charge < -0.3 is 0 Å². The fourth-order valence-corrected chi connectivity index (χ4v) is 3.51. The molecule has 0 unspecified atom stereocenters. The Balaban J connectivity index is 2.46. The molecule has 5 heteroatoms. The van der Waals surface area contributed by atoms with E-state index in [4.69, 9.17) is 0 Å². The third kappa shape index (κ3) is 2.88. The summed E-state index contributed by atoms with van der Waals surface area (Å²) in [6.45, 7) is 2.01. The summed E-state index contributed by atoms with van der Waals surface area (Å²) in [4.78, 5) is 0.286. The van der Waals surface area contributed by atoms with Crippen LogP contribution in [0, 0.1) is 0 Å². The van der Waals surface area contributed by atoms with Crippen LogP contribution >= 0.6 is 15.9 Å².